The Labute approximate surface area is 177 Å². The highest BCUT2D eigenvalue weighted by Crippen LogP contribution is 2.24. The number of aryl methyl sites for hydroxylation is 1. The summed E-state index contributed by atoms with van der Waals surface area (Å²) in [5, 5.41) is 2.87. The molecule has 0 saturated carbocycles. The third-order valence-electron chi connectivity index (χ3n) is 5.63. The molecule has 0 spiro atoms. The third kappa shape index (κ3) is 4.35. The van der Waals surface area contributed by atoms with Crippen LogP contribution in [0, 0.1) is 6.92 Å². The summed E-state index contributed by atoms with van der Waals surface area (Å²) in [5.74, 6) is -0.331. The Morgan fingerprint density at radius 3 is 2.30 bits per heavy atom. The van der Waals surface area contributed by atoms with Gasteiger partial charge in [-0.15, -0.1) is 0 Å². The summed E-state index contributed by atoms with van der Waals surface area (Å²) >= 11 is 0. The molecule has 2 saturated heterocycles. The molecule has 30 heavy (non-hydrogen) atoms. The fraction of sp³-hybridized carbons (Fsp3) is 0.409. The van der Waals surface area contributed by atoms with Crippen LogP contribution in [-0.2, 0) is 14.8 Å². The SMILES string of the molecule is Cc1ccc(C(=O)Nc2ccc(N3CCCC3)cc2)cc1S(=O)(=O)N1CCOCC1. The smallest absolute Gasteiger partial charge is 0.255 e. The maximum absolute atomic E-state index is 13.0. The first-order valence-corrected chi connectivity index (χ1v) is 11.7. The summed E-state index contributed by atoms with van der Waals surface area (Å²) in [6.45, 7) is 5.28. The number of morpholine rings is 1. The van der Waals surface area contributed by atoms with Crippen LogP contribution < -0.4 is 10.2 Å². The van der Waals surface area contributed by atoms with Gasteiger partial charge in [0.2, 0.25) is 10.0 Å². The van der Waals surface area contributed by atoms with Crippen molar-refractivity contribution in [3.63, 3.8) is 0 Å². The van der Waals surface area contributed by atoms with Crippen LogP contribution in [0.15, 0.2) is 47.4 Å². The van der Waals surface area contributed by atoms with E-state index in [1.807, 2.05) is 24.3 Å². The molecule has 0 bridgehead atoms. The Kier molecular flexibility index (Phi) is 6.08. The second kappa shape index (κ2) is 8.75. The van der Waals surface area contributed by atoms with Crippen LogP contribution in [0.1, 0.15) is 28.8 Å². The average Bonchev–Trinajstić information content (AvgIpc) is 3.30. The van der Waals surface area contributed by atoms with E-state index in [4.69, 9.17) is 4.74 Å². The molecule has 2 aliphatic heterocycles. The van der Waals surface area contributed by atoms with Crippen molar-refractivity contribution in [3.8, 4) is 0 Å². The quantitative estimate of drug-likeness (QED) is 0.791. The van der Waals surface area contributed by atoms with Gasteiger partial charge in [-0.25, -0.2) is 8.42 Å². The van der Waals surface area contributed by atoms with Crippen LogP contribution >= 0.6 is 0 Å². The zero-order valence-electron chi connectivity index (χ0n) is 17.1. The summed E-state index contributed by atoms with van der Waals surface area (Å²) in [4.78, 5) is 15.3. The van der Waals surface area contributed by atoms with Crippen molar-refractivity contribution >= 4 is 27.3 Å². The maximum atomic E-state index is 13.0. The highest BCUT2D eigenvalue weighted by atomic mass is 32.2. The molecule has 4 rings (SSSR count). The number of sulfonamides is 1. The topological polar surface area (TPSA) is 79.0 Å². The zero-order chi connectivity index (χ0) is 21.1. The van der Waals surface area contributed by atoms with E-state index in [2.05, 4.69) is 10.2 Å². The summed E-state index contributed by atoms with van der Waals surface area (Å²) in [5.41, 5.74) is 2.77. The zero-order valence-corrected chi connectivity index (χ0v) is 18.0. The number of carbonyl (C=O) groups excluding carboxylic acids is 1. The molecule has 2 aromatic carbocycles. The number of hydrogen-bond donors (Lipinski definition) is 1. The van der Waals surface area contributed by atoms with Crippen LogP contribution in [0.2, 0.25) is 0 Å². The lowest BCUT2D eigenvalue weighted by Gasteiger charge is -2.26. The summed E-state index contributed by atoms with van der Waals surface area (Å²) in [7, 11) is -3.67. The number of carbonyl (C=O) groups is 1. The first-order valence-electron chi connectivity index (χ1n) is 10.3. The lowest BCUT2D eigenvalue weighted by Crippen LogP contribution is -2.40. The molecule has 0 atom stereocenters. The van der Waals surface area contributed by atoms with Gasteiger partial charge in [-0.05, 0) is 61.7 Å². The first-order chi connectivity index (χ1) is 14.4. The van der Waals surface area contributed by atoms with Crippen molar-refractivity contribution in [2.45, 2.75) is 24.7 Å². The van der Waals surface area contributed by atoms with Gasteiger partial charge in [0, 0.05) is 43.1 Å². The molecule has 0 aromatic heterocycles. The van der Waals surface area contributed by atoms with Gasteiger partial charge in [-0.2, -0.15) is 4.31 Å². The minimum Gasteiger partial charge on any atom is -0.379 e. The van der Waals surface area contributed by atoms with E-state index in [0.29, 0.717) is 43.1 Å². The van der Waals surface area contributed by atoms with Gasteiger partial charge < -0.3 is 15.0 Å². The Morgan fingerprint density at radius 2 is 1.63 bits per heavy atom. The normalized spacial score (nSPS) is 17.8. The number of anilines is 2. The second-order valence-corrected chi connectivity index (χ2v) is 9.60. The molecule has 7 nitrogen and oxygen atoms in total. The van der Waals surface area contributed by atoms with Gasteiger partial charge in [0.15, 0.2) is 0 Å². The predicted molar refractivity (Wildman–Crippen MR) is 117 cm³/mol. The van der Waals surface area contributed by atoms with Crippen molar-refractivity contribution in [3.05, 3.63) is 53.6 Å². The standard InChI is InChI=1S/C22H27N3O4S/c1-17-4-5-18(16-21(17)30(27,28)25-12-14-29-15-13-25)22(26)23-19-6-8-20(9-7-19)24-10-2-3-11-24/h4-9,16H,2-3,10-15H2,1H3,(H,23,26). The molecular formula is C22H27N3O4S. The molecule has 1 amide bonds. The Morgan fingerprint density at radius 1 is 0.967 bits per heavy atom. The van der Waals surface area contributed by atoms with Crippen LogP contribution in [0.25, 0.3) is 0 Å². The van der Waals surface area contributed by atoms with E-state index >= 15 is 0 Å². The highest BCUT2D eigenvalue weighted by Gasteiger charge is 2.28. The molecular weight excluding hydrogens is 402 g/mol. The lowest BCUT2D eigenvalue weighted by atomic mass is 10.1. The molecule has 2 aliphatic rings. The van der Waals surface area contributed by atoms with E-state index < -0.39 is 10.0 Å². The van der Waals surface area contributed by atoms with Crippen molar-refractivity contribution in [1.29, 1.82) is 0 Å². The molecule has 2 heterocycles. The molecule has 0 radical (unpaired) electrons. The van der Waals surface area contributed by atoms with Crippen LogP contribution in [0.5, 0.6) is 0 Å². The molecule has 0 unspecified atom stereocenters. The highest BCUT2D eigenvalue weighted by molar-refractivity contribution is 7.89. The number of ether oxygens (including phenoxy) is 1. The van der Waals surface area contributed by atoms with Crippen LogP contribution in [-0.4, -0.2) is 58.0 Å². The summed E-state index contributed by atoms with van der Waals surface area (Å²) in [6.07, 6.45) is 2.42. The molecule has 1 N–H and O–H groups in total. The van der Waals surface area contributed by atoms with E-state index in [1.165, 1.54) is 23.2 Å². The van der Waals surface area contributed by atoms with Crippen molar-refractivity contribution in [1.82, 2.24) is 4.31 Å². The largest absolute Gasteiger partial charge is 0.379 e. The van der Waals surface area contributed by atoms with E-state index in [-0.39, 0.29) is 10.8 Å². The first kappa shape index (κ1) is 20.8. The summed E-state index contributed by atoms with van der Waals surface area (Å²) in [6, 6.07) is 12.6. The molecule has 8 heteroatoms. The molecule has 0 aliphatic carbocycles. The van der Waals surface area contributed by atoms with Crippen LogP contribution in [0.4, 0.5) is 11.4 Å². The Bertz CT molecular complexity index is 1010. The van der Waals surface area contributed by atoms with Crippen molar-refractivity contribution in [2.24, 2.45) is 0 Å². The fourth-order valence-corrected chi connectivity index (χ4v) is 5.54. The Hall–Kier alpha value is -2.42. The monoisotopic (exact) mass is 429 g/mol. The maximum Gasteiger partial charge on any atom is 0.255 e. The van der Waals surface area contributed by atoms with Gasteiger partial charge in [0.05, 0.1) is 18.1 Å². The predicted octanol–water partition coefficient (Wildman–Crippen LogP) is 2.87. The molecule has 2 fully saturated rings. The third-order valence-corrected chi connectivity index (χ3v) is 7.68. The van der Waals surface area contributed by atoms with Gasteiger partial charge in [0.1, 0.15) is 0 Å². The number of nitrogens with zero attached hydrogens (tertiary/aromatic N) is 2. The van der Waals surface area contributed by atoms with Gasteiger partial charge in [0.25, 0.3) is 5.91 Å². The number of amides is 1. The average molecular weight is 430 g/mol. The van der Waals surface area contributed by atoms with Crippen LogP contribution in [0.3, 0.4) is 0 Å². The molecule has 2 aromatic rings. The van der Waals surface area contributed by atoms with Gasteiger partial charge in [-0.1, -0.05) is 6.07 Å². The van der Waals surface area contributed by atoms with E-state index in [9.17, 15) is 13.2 Å². The van der Waals surface area contributed by atoms with Gasteiger partial charge >= 0.3 is 0 Å². The number of benzene rings is 2. The van der Waals surface area contributed by atoms with E-state index in [0.717, 1.165) is 18.8 Å². The van der Waals surface area contributed by atoms with E-state index in [1.54, 1.807) is 19.1 Å². The molecule has 160 valence electrons. The minimum absolute atomic E-state index is 0.168. The summed E-state index contributed by atoms with van der Waals surface area (Å²) < 4.78 is 32.7. The minimum atomic E-state index is -3.67. The number of hydrogen-bond acceptors (Lipinski definition) is 5. The fourth-order valence-electron chi connectivity index (χ4n) is 3.88. The van der Waals surface area contributed by atoms with Crippen molar-refractivity contribution in [2.75, 3.05) is 49.6 Å². The van der Waals surface area contributed by atoms with Gasteiger partial charge in [-0.3, -0.25) is 4.79 Å². The second-order valence-electron chi connectivity index (χ2n) is 7.69. The number of nitrogens with one attached hydrogen (secondary N) is 1. The lowest BCUT2D eigenvalue weighted by molar-refractivity contribution is 0.0730. The number of rotatable bonds is 5. The van der Waals surface area contributed by atoms with Crippen molar-refractivity contribution < 1.29 is 17.9 Å². The Balaban J connectivity index is 1.51.